The molecule has 0 aliphatic carbocycles. The molecule has 1 atom stereocenters. The molecule has 0 aliphatic rings. The summed E-state index contributed by atoms with van der Waals surface area (Å²) in [7, 11) is 3.03. The van der Waals surface area contributed by atoms with Gasteiger partial charge in [0.2, 0.25) is 16.0 Å². The minimum atomic E-state index is -0.713. The molecule has 0 unspecified atom stereocenters. The minimum Gasteiger partial charge on any atom is -0.496 e. The molecule has 0 aliphatic heterocycles. The van der Waals surface area contributed by atoms with Crippen LogP contribution >= 0.6 is 11.3 Å². The fourth-order valence-corrected chi connectivity index (χ4v) is 4.00. The van der Waals surface area contributed by atoms with Crippen molar-refractivity contribution in [2.45, 2.75) is 19.6 Å². The maximum atomic E-state index is 13.0. The molecule has 3 aromatic heterocycles. The molecule has 0 radical (unpaired) electrons. The summed E-state index contributed by atoms with van der Waals surface area (Å²) in [6.45, 7) is 1.47. The molecule has 4 rings (SSSR count). The van der Waals surface area contributed by atoms with Crippen LogP contribution in [0.1, 0.15) is 12.7 Å². The Bertz CT molecular complexity index is 1340. The van der Waals surface area contributed by atoms with Crippen molar-refractivity contribution in [2.24, 2.45) is 0 Å². The summed E-state index contributed by atoms with van der Waals surface area (Å²) in [5.74, 6) is 1.62. The van der Waals surface area contributed by atoms with Gasteiger partial charge in [-0.15, -0.1) is 10.2 Å². The molecule has 35 heavy (non-hydrogen) atoms. The third-order valence-electron chi connectivity index (χ3n) is 4.91. The second-order valence-corrected chi connectivity index (χ2v) is 8.26. The number of rotatable bonds is 10. The Hall–Kier alpha value is -4.10. The summed E-state index contributed by atoms with van der Waals surface area (Å²) in [6, 6.07) is 8.56. The molecule has 4 aromatic rings. The second-order valence-electron chi connectivity index (χ2n) is 7.30. The predicted molar refractivity (Wildman–Crippen MR) is 129 cm³/mol. The predicted octanol–water partition coefficient (Wildman–Crippen LogP) is 2.32. The van der Waals surface area contributed by atoms with Crippen LogP contribution in [0.4, 0.5) is 10.9 Å². The highest BCUT2D eigenvalue weighted by Gasteiger charge is 2.23. The molecule has 4 N–H and O–H groups in total. The van der Waals surface area contributed by atoms with Gasteiger partial charge in [0.25, 0.3) is 0 Å². The highest BCUT2D eigenvalue weighted by molar-refractivity contribution is 7.17. The topological polar surface area (TPSA) is 160 Å². The number of aliphatic hydroxyl groups excluding tert-OH is 1. The molecular weight excluding hydrogens is 476 g/mol. The van der Waals surface area contributed by atoms with Crippen LogP contribution in [0.15, 0.2) is 45.7 Å². The third kappa shape index (κ3) is 5.05. The number of aromatic nitrogens is 4. The van der Waals surface area contributed by atoms with E-state index in [0.717, 1.165) is 0 Å². The molecule has 0 bridgehead atoms. The number of hydrogen-bond acceptors (Lipinski definition) is 12. The molecule has 13 heteroatoms. The van der Waals surface area contributed by atoms with E-state index in [4.69, 9.17) is 24.4 Å². The van der Waals surface area contributed by atoms with E-state index in [1.54, 1.807) is 43.5 Å². The summed E-state index contributed by atoms with van der Waals surface area (Å²) in [6.07, 6.45) is 0.920. The molecule has 0 spiro atoms. The summed E-state index contributed by atoms with van der Waals surface area (Å²) in [4.78, 5) is 13.0. The molecule has 184 valence electrons. The van der Waals surface area contributed by atoms with E-state index in [1.807, 2.05) is 0 Å². The zero-order valence-corrected chi connectivity index (χ0v) is 20.0. The van der Waals surface area contributed by atoms with Crippen molar-refractivity contribution in [3.63, 3.8) is 0 Å². The van der Waals surface area contributed by atoms with Gasteiger partial charge in [0.1, 0.15) is 29.2 Å². The minimum absolute atomic E-state index is 0.0644. The quantitative estimate of drug-likeness (QED) is 0.293. The van der Waals surface area contributed by atoms with Crippen molar-refractivity contribution < 1.29 is 23.7 Å². The second kappa shape index (κ2) is 10.4. The van der Waals surface area contributed by atoms with Gasteiger partial charge >= 0.3 is 5.63 Å². The van der Waals surface area contributed by atoms with Gasteiger partial charge in [0.15, 0.2) is 0 Å². The van der Waals surface area contributed by atoms with Gasteiger partial charge in [-0.2, -0.15) is 9.78 Å². The van der Waals surface area contributed by atoms with Gasteiger partial charge in [-0.05, 0) is 25.1 Å². The van der Waals surface area contributed by atoms with Gasteiger partial charge < -0.3 is 34.8 Å². The average molecular weight is 501 g/mol. The first-order chi connectivity index (χ1) is 16.9. The molecule has 1 aromatic carbocycles. The van der Waals surface area contributed by atoms with E-state index < -0.39 is 11.7 Å². The van der Waals surface area contributed by atoms with E-state index in [2.05, 4.69) is 20.6 Å². The number of aliphatic hydroxyl groups is 1. The molecule has 0 saturated carbocycles. The maximum absolute atomic E-state index is 13.0. The Morgan fingerprint density at radius 1 is 1.23 bits per heavy atom. The number of nitrogens with zero attached hydrogens (tertiary/aromatic N) is 4. The van der Waals surface area contributed by atoms with Crippen LogP contribution in [0, 0.1) is 0 Å². The third-order valence-corrected chi connectivity index (χ3v) is 5.77. The number of nitrogen functional groups attached to an aromatic ring is 1. The normalized spacial score (nSPS) is 11.8. The molecule has 0 saturated heterocycles. The number of nitrogens with one attached hydrogen (secondary N) is 1. The fraction of sp³-hybridized carbons (Fsp3) is 0.273. The van der Waals surface area contributed by atoms with Crippen molar-refractivity contribution in [3.8, 4) is 33.5 Å². The van der Waals surface area contributed by atoms with Gasteiger partial charge in [-0.25, -0.2) is 4.79 Å². The van der Waals surface area contributed by atoms with Gasteiger partial charge in [0.05, 0.1) is 39.1 Å². The number of benzene rings is 1. The molecule has 0 fully saturated rings. The first kappa shape index (κ1) is 24.0. The lowest BCUT2D eigenvalue weighted by Gasteiger charge is -2.18. The number of hydrogen-bond donors (Lipinski definition) is 3. The highest BCUT2D eigenvalue weighted by Crippen LogP contribution is 2.42. The van der Waals surface area contributed by atoms with Crippen molar-refractivity contribution in [1.29, 1.82) is 0 Å². The molecular formula is C22H24N6O6S. The van der Waals surface area contributed by atoms with Crippen molar-refractivity contribution in [2.75, 3.05) is 31.9 Å². The van der Waals surface area contributed by atoms with Crippen LogP contribution in [0.2, 0.25) is 0 Å². The number of ether oxygens (including phenoxy) is 3. The molecule has 12 nitrogen and oxygen atoms in total. The average Bonchev–Trinajstić information content (AvgIpc) is 3.51. The van der Waals surface area contributed by atoms with Crippen LogP contribution in [-0.2, 0) is 6.54 Å². The standard InChI is InChI=1S/C22H24N6O6S/c1-12(11-29)33-19-14(18-15(31-2)5-4-6-16(18)32-3)9-13(34-20(19)30)10-24-21-26-27-22(35-21)28-17(23)7-8-25-28/h4-9,12,29H,10-11,23H2,1-3H3,(H,24,26)/t12-/m0/s1. The molecule has 3 heterocycles. The fourth-order valence-electron chi connectivity index (χ4n) is 3.28. The lowest BCUT2D eigenvalue weighted by atomic mass is 10.0. The zero-order chi connectivity index (χ0) is 24.9. The summed E-state index contributed by atoms with van der Waals surface area (Å²) >= 11 is 1.23. The smallest absolute Gasteiger partial charge is 0.379 e. The van der Waals surface area contributed by atoms with Gasteiger partial charge in [-0.1, -0.05) is 17.4 Å². The maximum Gasteiger partial charge on any atom is 0.379 e. The lowest BCUT2D eigenvalue weighted by molar-refractivity contribution is 0.125. The highest BCUT2D eigenvalue weighted by atomic mass is 32.1. The zero-order valence-electron chi connectivity index (χ0n) is 19.2. The Morgan fingerprint density at radius 2 is 1.97 bits per heavy atom. The van der Waals surface area contributed by atoms with Crippen LogP contribution in [0.3, 0.4) is 0 Å². The van der Waals surface area contributed by atoms with Crippen LogP contribution in [0.25, 0.3) is 16.3 Å². The number of methoxy groups -OCH3 is 2. The van der Waals surface area contributed by atoms with E-state index in [1.165, 1.54) is 30.2 Å². The van der Waals surface area contributed by atoms with E-state index in [0.29, 0.717) is 44.5 Å². The SMILES string of the molecule is COc1cccc(OC)c1-c1cc(CNc2nnc(-n3nccc3N)s2)oc(=O)c1O[C@@H](C)CO. The Kier molecular flexibility index (Phi) is 7.17. The van der Waals surface area contributed by atoms with Crippen molar-refractivity contribution in [3.05, 3.63) is 52.7 Å². The number of anilines is 2. The molecule has 0 amide bonds. The van der Waals surface area contributed by atoms with Crippen LogP contribution < -0.4 is 30.9 Å². The summed E-state index contributed by atoms with van der Waals surface area (Å²) in [5.41, 5.74) is 6.06. The van der Waals surface area contributed by atoms with E-state index >= 15 is 0 Å². The Morgan fingerprint density at radius 3 is 2.60 bits per heavy atom. The van der Waals surface area contributed by atoms with Crippen LogP contribution in [0.5, 0.6) is 17.2 Å². The summed E-state index contributed by atoms with van der Waals surface area (Å²) in [5, 5.41) is 25.8. The van der Waals surface area contributed by atoms with Crippen molar-refractivity contribution >= 4 is 22.3 Å². The van der Waals surface area contributed by atoms with E-state index in [-0.39, 0.29) is 18.9 Å². The largest absolute Gasteiger partial charge is 0.496 e. The first-order valence-electron chi connectivity index (χ1n) is 10.5. The number of nitrogens with two attached hydrogens (primary N) is 1. The monoisotopic (exact) mass is 500 g/mol. The Labute approximate surface area is 203 Å². The summed E-state index contributed by atoms with van der Waals surface area (Å²) < 4.78 is 23.7. The van der Waals surface area contributed by atoms with Crippen molar-refractivity contribution in [1.82, 2.24) is 20.0 Å². The Balaban J connectivity index is 1.70. The van der Waals surface area contributed by atoms with Gasteiger partial charge in [-0.3, -0.25) is 0 Å². The first-order valence-corrected chi connectivity index (χ1v) is 11.3. The van der Waals surface area contributed by atoms with E-state index in [9.17, 15) is 9.90 Å². The van der Waals surface area contributed by atoms with Gasteiger partial charge in [0, 0.05) is 11.6 Å². The van der Waals surface area contributed by atoms with Crippen LogP contribution in [-0.4, -0.2) is 52.0 Å². The lowest BCUT2D eigenvalue weighted by Crippen LogP contribution is -2.21.